The van der Waals surface area contributed by atoms with Crippen molar-refractivity contribution in [3.8, 4) is 5.88 Å². The van der Waals surface area contributed by atoms with Crippen LogP contribution in [0.3, 0.4) is 0 Å². The molecule has 1 aromatic carbocycles. The van der Waals surface area contributed by atoms with Gasteiger partial charge in [-0.1, -0.05) is 6.07 Å². The zero-order valence-electron chi connectivity index (χ0n) is 17.5. The summed E-state index contributed by atoms with van der Waals surface area (Å²) < 4.78 is 43.9. The van der Waals surface area contributed by atoms with E-state index in [2.05, 4.69) is 20.8 Å². The number of aromatic nitrogens is 2. The molecule has 2 amide bonds. The van der Waals surface area contributed by atoms with E-state index < -0.39 is 21.9 Å². The van der Waals surface area contributed by atoms with Gasteiger partial charge in [-0.2, -0.15) is 5.10 Å². The standard InChI is InChI=1S/C21H25FN4O4S/c1-29-11-15-10-26-20(30-15)18(9-23-26)31(2,28)25-21(27)24-19-16-5-3-4-12(16)6-13-7-14(22)8-17(13)19/h6,9,14-15H,3-5,7-8,10-11H2,1-2H3,(H,24,27)/t14-,15-,31+/m1/s1. The number of rotatable bonds is 4. The minimum atomic E-state index is -3.10. The number of halogens is 1. The highest BCUT2D eigenvalue weighted by Crippen LogP contribution is 2.39. The summed E-state index contributed by atoms with van der Waals surface area (Å²) >= 11 is 0. The molecule has 1 N–H and O–H groups in total. The van der Waals surface area contributed by atoms with Gasteiger partial charge >= 0.3 is 6.03 Å². The molecule has 0 unspecified atom stereocenters. The van der Waals surface area contributed by atoms with Gasteiger partial charge in [-0.3, -0.25) is 0 Å². The summed E-state index contributed by atoms with van der Waals surface area (Å²) in [6.45, 7) is 0.864. The van der Waals surface area contributed by atoms with Crippen molar-refractivity contribution in [2.45, 2.75) is 55.8 Å². The minimum absolute atomic E-state index is 0.223. The van der Waals surface area contributed by atoms with Gasteiger partial charge in [-0.25, -0.2) is 18.1 Å². The second-order valence-corrected chi connectivity index (χ2v) is 10.6. The number of fused-ring (bicyclic) bond motifs is 3. The van der Waals surface area contributed by atoms with Crippen LogP contribution in [0.4, 0.5) is 14.9 Å². The van der Waals surface area contributed by atoms with E-state index in [0.717, 1.165) is 41.5 Å². The first kappa shape index (κ1) is 20.4. The summed E-state index contributed by atoms with van der Waals surface area (Å²) in [4.78, 5) is 13.1. The van der Waals surface area contributed by atoms with Gasteiger partial charge in [-0.05, 0) is 41.5 Å². The number of ether oxygens (including phenoxy) is 2. The number of urea groups is 1. The molecule has 8 nitrogen and oxygen atoms in total. The van der Waals surface area contributed by atoms with Gasteiger partial charge in [0.2, 0.25) is 5.88 Å². The quantitative estimate of drug-likeness (QED) is 0.776. The average Bonchev–Trinajstić information content (AvgIpc) is 3.43. The molecule has 1 aliphatic heterocycles. The molecule has 2 heterocycles. The van der Waals surface area contributed by atoms with Gasteiger partial charge in [0.15, 0.2) is 0 Å². The molecule has 1 aromatic heterocycles. The number of methoxy groups -OCH3 is 1. The van der Waals surface area contributed by atoms with Crippen LogP contribution in [0.1, 0.15) is 28.7 Å². The second kappa shape index (κ2) is 7.59. The van der Waals surface area contributed by atoms with E-state index in [4.69, 9.17) is 9.47 Å². The van der Waals surface area contributed by atoms with Crippen molar-refractivity contribution in [1.82, 2.24) is 9.78 Å². The predicted molar refractivity (Wildman–Crippen MR) is 113 cm³/mol. The number of carbonyl (C=O) groups excluding carboxylic acids is 1. The van der Waals surface area contributed by atoms with E-state index in [-0.39, 0.29) is 17.4 Å². The number of nitrogens with zero attached hydrogens (tertiary/aromatic N) is 3. The van der Waals surface area contributed by atoms with Crippen LogP contribution in [0, 0.1) is 0 Å². The van der Waals surface area contributed by atoms with Crippen molar-refractivity contribution in [2.24, 2.45) is 4.36 Å². The molecule has 0 saturated carbocycles. The molecule has 3 atom stereocenters. The van der Waals surface area contributed by atoms with Crippen molar-refractivity contribution < 1.29 is 22.9 Å². The molecular weight excluding hydrogens is 423 g/mol. The lowest BCUT2D eigenvalue weighted by atomic mass is 9.99. The van der Waals surface area contributed by atoms with Crippen LogP contribution in [-0.2, 0) is 46.7 Å². The highest BCUT2D eigenvalue weighted by Gasteiger charge is 2.32. The van der Waals surface area contributed by atoms with Gasteiger partial charge in [0.1, 0.15) is 17.2 Å². The first-order valence-electron chi connectivity index (χ1n) is 10.4. The third-order valence-electron chi connectivity index (χ3n) is 6.13. The molecular formula is C21H25FN4O4S. The lowest BCUT2D eigenvalue weighted by Gasteiger charge is -2.15. The van der Waals surface area contributed by atoms with Crippen LogP contribution in [0.2, 0.25) is 0 Å². The van der Waals surface area contributed by atoms with Crippen LogP contribution in [0.15, 0.2) is 21.5 Å². The third-order valence-corrected chi connectivity index (χ3v) is 7.74. The maximum Gasteiger partial charge on any atom is 0.353 e. The lowest BCUT2D eigenvalue weighted by Crippen LogP contribution is -2.21. The largest absolute Gasteiger partial charge is 0.469 e. The molecule has 0 fully saturated rings. The van der Waals surface area contributed by atoms with Gasteiger partial charge in [0.25, 0.3) is 0 Å². The number of anilines is 1. The fourth-order valence-electron chi connectivity index (χ4n) is 4.81. The first-order valence-corrected chi connectivity index (χ1v) is 12.3. The molecule has 10 heteroatoms. The normalized spacial score (nSPS) is 22.9. The number of carbonyl (C=O) groups is 1. The van der Waals surface area contributed by atoms with Crippen LogP contribution in [-0.4, -0.2) is 52.3 Å². The highest BCUT2D eigenvalue weighted by molar-refractivity contribution is 7.93. The summed E-state index contributed by atoms with van der Waals surface area (Å²) in [7, 11) is -1.52. The van der Waals surface area contributed by atoms with Gasteiger partial charge in [0, 0.05) is 31.9 Å². The Morgan fingerprint density at radius 1 is 1.39 bits per heavy atom. The summed E-state index contributed by atoms with van der Waals surface area (Å²) in [6.07, 6.45) is 5.09. The smallest absolute Gasteiger partial charge is 0.353 e. The van der Waals surface area contributed by atoms with Crippen molar-refractivity contribution in [2.75, 3.05) is 25.3 Å². The van der Waals surface area contributed by atoms with E-state index in [0.29, 0.717) is 31.1 Å². The van der Waals surface area contributed by atoms with Crippen LogP contribution >= 0.6 is 0 Å². The molecule has 31 heavy (non-hydrogen) atoms. The SMILES string of the molecule is COC[C@H]1Cn2ncc([S@](C)(=O)=NC(=O)Nc3c4c(cc5c3C[C@H](F)C5)CCC4)c2O1. The van der Waals surface area contributed by atoms with Crippen molar-refractivity contribution >= 4 is 21.4 Å². The van der Waals surface area contributed by atoms with Crippen LogP contribution < -0.4 is 10.1 Å². The van der Waals surface area contributed by atoms with E-state index in [1.165, 1.54) is 12.5 Å². The van der Waals surface area contributed by atoms with Crippen molar-refractivity contribution in [3.05, 3.63) is 34.5 Å². The van der Waals surface area contributed by atoms with Crippen molar-refractivity contribution in [1.29, 1.82) is 0 Å². The topological polar surface area (TPSA) is 94.8 Å². The Morgan fingerprint density at radius 3 is 3.03 bits per heavy atom. The Balaban J connectivity index is 1.44. The fraction of sp³-hybridized carbons (Fsp3) is 0.524. The maximum absolute atomic E-state index is 14.1. The molecule has 0 bridgehead atoms. The highest BCUT2D eigenvalue weighted by atomic mass is 32.2. The first-order chi connectivity index (χ1) is 14.9. The van der Waals surface area contributed by atoms with Gasteiger partial charge in [-0.15, -0.1) is 4.36 Å². The summed E-state index contributed by atoms with van der Waals surface area (Å²) in [5.74, 6) is 0.355. The number of hydrogen-bond donors (Lipinski definition) is 1. The van der Waals surface area contributed by atoms with E-state index in [9.17, 15) is 13.4 Å². The predicted octanol–water partition coefficient (Wildman–Crippen LogP) is 2.90. The molecule has 2 aromatic rings. The Labute approximate surface area is 180 Å². The Hall–Kier alpha value is -2.46. The monoisotopic (exact) mass is 448 g/mol. The lowest BCUT2D eigenvalue weighted by molar-refractivity contribution is 0.0920. The molecule has 166 valence electrons. The van der Waals surface area contributed by atoms with Gasteiger partial charge < -0.3 is 14.8 Å². The average molecular weight is 449 g/mol. The number of hydrogen-bond acceptors (Lipinski definition) is 5. The van der Waals surface area contributed by atoms with Crippen molar-refractivity contribution in [3.63, 3.8) is 0 Å². The molecule has 0 saturated heterocycles. The number of amides is 2. The van der Waals surface area contributed by atoms with E-state index >= 15 is 0 Å². The number of benzene rings is 1. The number of alkyl halides is 1. The van der Waals surface area contributed by atoms with E-state index in [1.54, 1.807) is 11.8 Å². The Bertz CT molecular complexity index is 1180. The Kier molecular flexibility index (Phi) is 5.01. The minimum Gasteiger partial charge on any atom is -0.469 e. The fourth-order valence-corrected chi connectivity index (χ4v) is 5.99. The summed E-state index contributed by atoms with van der Waals surface area (Å²) in [5.41, 5.74) is 4.67. The Morgan fingerprint density at radius 2 is 2.23 bits per heavy atom. The van der Waals surface area contributed by atoms with E-state index in [1.807, 2.05) is 0 Å². The third kappa shape index (κ3) is 3.61. The summed E-state index contributed by atoms with van der Waals surface area (Å²) in [6, 6.07) is 1.38. The van der Waals surface area contributed by atoms with Crippen LogP contribution in [0.5, 0.6) is 5.88 Å². The van der Waals surface area contributed by atoms with Crippen LogP contribution in [0.25, 0.3) is 0 Å². The zero-order valence-corrected chi connectivity index (χ0v) is 18.3. The second-order valence-electron chi connectivity index (χ2n) is 8.40. The molecule has 3 aliphatic rings. The molecule has 2 aliphatic carbocycles. The number of nitrogens with one attached hydrogen (secondary N) is 1. The molecule has 0 spiro atoms. The molecule has 5 rings (SSSR count). The number of aryl methyl sites for hydroxylation is 1. The maximum atomic E-state index is 14.1. The van der Waals surface area contributed by atoms with Gasteiger partial charge in [0.05, 0.1) is 29.1 Å². The zero-order chi connectivity index (χ0) is 21.8. The molecule has 0 radical (unpaired) electrons. The summed E-state index contributed by atoms with van der Waals surface area (Å²) in [5, 5.41) is 7.05.